The minimum absolute atomic E-state index is 0.0255. The highest BCUT2D eigenvalue weighted by atomic mass is 16.5. The largest absolute Gasteiger partial charge is 0.462 e. The van der Waals surface area contributed by atoms with Gasteiger partial charge in [-0.25, -0.2) is 0 Å². The molecule has 0 N–H and O–H groups in total. The van der Waals surface area contributed by atoms with Crippen molar-refractivity contribution in [3.63, 3.8) is 0 Å². The lowest BCUT2D eigenvalue weighted by Crippen LogP contribution is -2.57. The van der Waals surface area contributed by atoms with E-state index in [0.29, 0.717) is 6.54 Å². The standard InChI is InChI=1S/C13H26N2O2/c1-11(2)17-12(16)9-15(5)10-13(14(3)4)7-6-8-13/h11H,6-10H2,1-5H3. The van der Waals surface area contributed by atoms with Gasteiger partial charge in [-0.15, -0.1) is 0 Å². The van der Waals surface area contributed by atoms with Crippen LogP contribution in [-0.4, -0.2) is 61.6 Å². The molecule has 0 aliphatic heterocycles. The van der Waals surface area contributed by atoms with Crippen molar-refractivity contribution in [2.75, 3.05) is 34.2 Å². The van der Waals surface area contributed by atoms with Crippen molar-refractivity contribution in [1.82, 2.24) is 9.80 Å². The van der Waals surface area contributed by atoms with Crippen LogP contribution in [-0.2, 0) is 9.53 Å². The number of carbonyl (C=O) groups excluding carboxylic acids is 1. The van der Waals surface area contributed by atoms with Crippen LogP contribution in [0.2, 0.25) is 0 Å². The first-order chi connectivity index (χ1) is 7.85. The zero-order valence-electron chi connectivity index (χ0n) is 11.8. The summed E-state index contributed by atoms with van der Waals surface area (Å²) < 4.78 is 5.15. The van der Waals surface area contributed by atoms with Gasteiger partial charge >= 0.3 is 5.97 Å². The van der Waals surface area contributed by atoms with Gasteiger partial charge in [0.05, 0.1) is 12.6 Å². The van der Waals surface area contributed by atoms with Gasteiger partial charge in [-0.1, -0.05) is 0 Å². The van der Waals surface area contributed by atoms with Gasteiger partial charge in [-0.2, -0.15) is 0 Å². The number of esters is 1. The van der Waals surface area contributed by atoms with Crippen molar-refractivity contribution in [2.45, 2.75) is 44.8 Å². The second kappa shape index (κ2) is 5.83. The number of ether oxygens (including phenoxy) is 1. The monoisotopic (exact) mass is 242 g/mol. The molecule has 1 saturated carbocycles. The minimum Gasteiger partial charge on any atom is -0.462 e. The first-order valence-corrected chi connectivity index (χ1v) is 6.41. The van der Waals surface area contributed by atoms with Crippen molar-refractivity contribution in [1.29, 1.82) is 0 Å². The molecule has 0 heterocycles. The van der Waals surface area contributed by atoms with E-state index in [0.717, 1.165) is 6.54 Å². The molecular formula is C13H26N2O2. The van der Waals surface area contributed by atoms with Crippen LogP contribution in [0.5, 0.6) is 0 Å². The molecular weight excluding hydrogens is 216 g/mol. The molecule has 1 fully saturated rings. The molecule has 1 aliphatic rings. The third kappa shape index (κ3) is 3.96. The summed E-state index contributed by atoms with van der Waals surface area (Å²) in [4.78, 5) is 15.9. The Kier molecular flexibility index (Phi) is 4.95. The molecule has 4 nitrogen and oxygen atoms in total. The van der Waals surface area contributed by atoms with Crippen molar-refractivity contribution in [3.05, 3.63) is 0 Å². The molecule has 4 heteroatoms. The third-order valence-electron chi connectivity index (χ3n) is 3.56. The van der Waals surface area contributed by atoms with Gasteiger partial charge in [0.25, 0.3) is 0 Å². The molecule has 0 saturated heterocycles. The van der Waals surface area contributed by atoms with Gasteiger partial charge in [0.1, 0.15) is 0 Å². The zero-order valence-corrected chi connectivity index (χ0v) is 11.8. The van der Waals surface area contributed by atoms with Crippen LogP contribution in [0.25, 0.3) is 0 Å². The average Bonchev–Trinajstić information content (AvgIpc) is 2.08. The number of carbonyl (C=O) groups is 1. The summed E-state index contributed by atoms with van der Waals surface area (Å²) in [5.74, 6) is -0.129. The predicted octanol–water partition coefficient (Wildman–Crippen LogP) is 1.35. The van der Waals surface area contributed by atoms with E-state index in [-0.39, 0.29) is 17.6 Å². The Hall–Kier alpha value is -0.610. The van der Waals surface area contributed by atoms with Gasteiger partial charge in [0, 0.05) is 12.1 Å². The zero-order chi connectivity index (χ0) is 13.1. The summed E-state index contributed by atoms with van der Waals surface area (Å²) in [6, 6.07) is 0. The SMILES string of the molecule is CC(C)OC(=O)CN(C)CC1(N(C)C)CCC1. The average molecular weight is 242 g/mol. The smallest absolute Gasteiger partial charge is 0.320 e. The number of hydrogen-bond acceptors (Lipinski definition) is 4. The van der Waals surface area contributed by atoms with E-state index in [4.69, 9.17) is 4.74 Å². The maximum absolute atomic E-state index is 11.5. The molecule has 0 aromatic carbocycles. The van der Waals surface area contributed by atoms with E-state index in [9.17, 15) is 4.79 Å². The van der Waals surface area contributed by atoms with E-state index in [2.05, 4.69) is 23.9 Å². The van der Waals surface area contributed by atoms with Gasteiger partial charge in [0.2, 0.25) is 0 Å². The highest BCUT2D eigenvalue weighted by molar-refractivity contribution is 5.71. The van der Waals surface area contributed by atoms with Gasteiger partial charge in [0.15, 0.2) is 0 Å². The topological polar surface area (TPSA) is 32.8 Å². The second-order valence-electron chi connectivity index (χ2n) is 5.68. The van der Waals surface area contributed by atoms with Gasteiger partial charge in [-0.3, -0.25) is 9.69 Å². The number of hydrogen-bond donors (Lipinski definition) is 0. The molecule has 17 heavy (non-hydrogen) atoms. The summed E-state index contributed by atoms with van der Waals surface area (Å²) in [5.41, 5.74) is 0.271. The Bertz CT molecular complexity index is 260. The van der Waals surface area contributed by atoms with Crippen LogP contribution in [0.3, 0.4) is 0 Å². The lowest BCUT2D eigenvalue weighted by atomic mass is 9.75. The highest BCUT2D eigenvalue weighted by Crippen LogP contribution is 2.36. The maximum atomic E-state index is 11.5. The van der Waals surface area contributed by atoms with Crippen LogP contribution in [0.15, 0.2) is 0 Å². The van der Waals surface area contributed by atoms with Crippen molar-refractivity contribution < 1.29 is 9.53 Å². The molecule has 0 aromatic heterocycles. The normalized spacial score (nSPS) is 18.6. The summed E-state index contributed by atoms with van der Waals surface area (Å²) in [6.07, 6.45) is 3.72. The quantitative estimate of drug-likeness (QED) is 0.658. The Labute approximate surface area is 105 Å². The minimum atomic E-state index is -0.129. The van der Waals surface area contributed by atoms with Crippen molar-refractivity contribution >= 4 is 5.97 Å². The molecule has 1 aliphatic carbocycles. The Morgan fingerprint density at radius 1 is 1.29 bits per heavy atom. The fraction of sp³-hybridized carbons (Fsp3) is 0.923. The molecule has 0 spiro atoms. The fourth-order valence-electron chi connectivity index (χ4n) is 2.41. The van der Waals surface area contributed by atoms with E-state index < -0.39 is 0 Å². The summed E-state index contributed by atoms with van der Waals surface area (Å²) >= 11 is 0. The highest BCUT2D eigenvalue weighted by Gasteiger charge is 2.39. The van der Waals surface area contributed by atoms with E-state index in [1.54, 1.807) is 0 Å². The molecule has 0 unspecified atom stereocenters. The van der Waals surface area contributed by atoms with E-state index >= 15 is 0 Å². The van der Waals surface area contributed by atoms with Crippen molar-refractivity contribution in [2.24, 2.45) is 0 Å². The fourth-order valence-corrected chi connectivity index (χ4v) is 2.41. The van der Waals surface area contributed by atoms with Crippen LogP contribution in [0.4, 0.5) is 0 Å². The van der Waals surface area contributed by atoms with E-state index in [1.807, 2.05) is 20.9 Å². The molecule has 1 rings (SSSR count). The molecule has 0 amide bonds. The van der Waals surface area contributed by atoms with Gasteiger partial charge < -0.3 is 9.64 Å². The Morgan fingerprint density at radius 2 is 1.88 bits per heavy atom. The van der Waals surface area contributed by atoms with Crippen LogP contribution >= 0.6 is 0 Å². The third-order valence-corrected chi connectivity index (χ3v) is 3.56. The van der Waals surface area contributed by atoms with Crippen LogP contribution < -0.4 is 0 Å². The lowest BCUT2D eigenvalue weighted by Gasteiger charge is -2.49. The molecule has 0 atom stereocenters. The summed E-state index contributed by atoms with van der Waals surface area (Å²) in [5, 5.41) is 0. The first-order valence-electron chi connectivity index (χ1n) is 6.41. The first kappa shape index (κ1) is 14.5. The molecule has 100 valence electrons. The van der Waals surface area contributed by atoms with Crippen LogP contribution in [0, 0.1) is 0 Å². The Balaban J connectivity index is 2.38. The van der Waals surface area contributed by atoms with Crippen molar-refractivity contribution in [3.8, 4) is 0 Å². The maximum Gasteiger partial charge on any atom is 0.320 e. The molecule has 0 bridgehead atoms. The van der Waals surface area contributed by atoms with Gasteiger partial charge in [-0.05, 0) is 54.3 Å². The lowest BCUT2D eigenvalue weighted by molar-refractivity contribution is -0.148. The number of nitrogens with zero attached hydrogens (tertiary/aromatic N) is 2. The summed E-state index contributed by atoms with van der Waals surface area (Å²) in [6.45, 7) is 5.08. The molecule has 0 aromatic rings. The second-order valence-corrected chi connectivity index (χ2v) is 5.68. The number of rotatable bonds is 6. The molecule has 0 radical (unpaired) electrons. The predicted molar refractivity (Wildman–Crippen MR) is 69.0 cm³/mol. The van der Waals surface area contributed by atoms with E-state index in [1.165, 1.54) is 19.3 Å². The summed E-state index contributed by atoms with van der Waals surface area (Å²) in [7, 11) is 6.24. The number of likely N-dealkylation sites (N-methyl/N-ethyl adjacent to an activating group) is 2. The van der Waals surface area contributed by atoms with Crippen LogP contribution in [0.1, 0.15) is 33.1 Å². The Morgan fingerprint density at radius 3 is 2.24 bits per heavy atom.